The van der Waals surface area contributed by atoms with Gasteiger partial charge in [0.2, 0.25) is 0 Å². The van der Waals surface area contributed by atoms with Crippen LogP contribution in [0, 0.1) is 26.9 Å². The van der Waals surface area contributed by atoms with Gasteiger partial charge in [0, 0.05) is 35.4 Å². The van der Waals surface area contributed by atoms with Crippen LogP contribution in [0.2, 0.25) is 0 Å². The van der Waals surface area contributed by atoms with Crippen molar-refractivity contribution in [2.24, 2.45) is 5.41 Å². The molecular formula is C26H23N3O4S. The van der Waals surface area contributed by atoms with Gasteiger partial charge in [-0.25, -0.2) is 0 Å². The molecule has 1 N–H and O–H groups in total. The maximum atomic E-state index is 13.2. The molecule has 1 aliphatic carbocycles. The quantitative estimate of drug-likeness (QED) is 0.345. The molecule has 1 heterocycles. The Morgan fingerprint density at radius 2 is 1.94 bits per heavy atom. The van der Waals surface area contributed by atoms with Gasteiger partial charge >= 0.3 is 0 Å². The van der Waals surface area contributed by atoms with Crippen LogP contribution in [-0.2, 0) is 4.79 Å². The average Bonchev–Trinajstić information content (AvgIpc) is 2.81. The SMILES string of the molecule is CC1(C)CC(=O)C2=C(C1)NC(SCC(=O)c1ccccc1)=C(C#N)[C@H]2c1cccc([N+](=O)[O-])c1. The zero-order valence-corrected chi connectivity index (χ0v) is 19.6. The highest BCUT2D eigenvalue weighted by atomic mass is 32.2. The van der Waals surface area contributed by atoms with Crippen molar-refractivity contribution in [3.63, 3.8) is 0 Å². The second-order valence-corrected chi connectivity index (χ2v) is 10.2. The number of nitro groups is 1. The Bertz CT molecular complexity index is 1290. The van der Waals surface area contributed by atoms with Gasteiger partial charge in [-0.15, -0.1) is 0 Å². The summed E-state index contributed by atoms with van der Waals surface area (Å²) in [5, 5.41) is 25.3. The highest BCUT2D eigenvalue weighted by Crippen LogP contribution is 2.48. The van der Waals surface area contributed by atoms with E-state index in [1.807, 2.05) is 19.9 Å². The van der Waals surface area contributed by atoms with Crippen molar-refractivity contribution in [2.75, 3.05) is 5.75 Å². The van der Waals surface area contributed by atoms with Crippen LogP contribution in [0.15, 0.2) is 76.5 Å². The number of rotatable bonds is 6. The molecule has 0 bridgehead atoms. The Hall–Kier alpha value is -3.70. The summed E-state index contributed by atoms with van der Waals surface area (Å²) in [6, 6.07) is 17.2. The van der Waals surface area contributed by atoms with E-state index in [1.54, 1.807) is 36.4 Å². The van der Waals surface area contributed by atoms with E-state index in [0.717, 1.165) is 0 Å². The summed E-state index contributed by atoms with van der Waals surface area (Å²) in [5.74, 6) is -0.769. The number of hydrogen-bond donors (Lipinski definition) is 1. The molecule has 1 atom stereocenters. The summed E-state index contributed by atoms with van der Waals surface area (Å²) in [4.78, 5) is 36.8. The van der Waals surface area contributed by atoms with E-state index in [1.165, 1.54) is 23.9 Å². The van der Waals surface area contributed by atoms with E-state index in [4.69, 9.17) is 0 Å². The number of carbonyl (C=O) groups is 2. The topological polar surface area (TPSA) is 113 Å². The second-order valence-electron chi connectivity index (χ2n) is 9.18. The molecule has 8 heteroatoms. The summed E-state index contributed by atoms with van der Waals surface area (Å²) in [6.45, 7) is 4.02. The number of Topliss-reactive ketones (excluding diaryl/α,β-unsaturated/α-hetero) is 2. The number of thioether (sulfide) groups is 1. The molecule has 0 unspecified atom stereocenters. The van der Waals surface area contributed by atoms with E-state index in [-0.39, 0.29) is 34.0 Å². The third-order valence-electron chi connectivity index (χ3n) is 5.98. The molecule has 34 heavy (non-hydrogen) atoms. The minimum absolute atomic E-state index is 0.0765. The molecule has 0 saturated heterocycles. The Morgan fingerprint density at radius 1 is 1.21 bits per heavy atom. The van der Waals surface area contributed by atoms with Crippen molar-refractivity contribution in [3.05, 3.63) is 97.7 Å². The molecule has 172 valence electrons. The first kappa shape index (κ1) is 23.5. The van der Waals surface area contributed by atoms with Crippen LogP contribution in [0.5, 0.6) is 0 Å². The standard InChI is InChI=1S/C26H23N3O4S/c1-26(2)12-20-24(21(30)13-26)23(17-9-6-10-18(11-17)29(32)33)19(14-27)25(28-20)34-15-22(31)16-7-4-3-5-8-16/h3-11,23,28H,12-13,15H2,1-2H3/t23-/m1/s1. The summed E-state index contributed by atoms with van der Waals surface area (Å²) in [5.41, 5.74) is 2.21. The third kappa shape index (κ3) is 4.66. The number of hydrogen-bond acceptors (Lipinski definition) is 7. The normalized spacial score (nSPS) is 19.2. The van der Waals surface area contributed by atoms with Crippen molar-refractivity contribution < 1.29 is 14.5 Å². The number of ketones is 2. The van der Waals surface area contributed by atoms with Crippen LogP contribution in [-0.4, -0.2) is 22.2 Å². The van der Waals surface area contributed by atoms with Gasteiger partial charge in [-0.05, 0) is 17.4 Å². The van der Waals surface area contributed by atoms with Crippen molar-refractivity contribution in [1.29, 1.82) is 5.26 Å². The lowest BCUT2D eigenvalue weighted by atomic mass is 9.69. The summed E-state index contributed by atoms with van der Waals surface area (Å²) >= 11 is 1.22. The summed E-state index contributed by atoms with van der Waals surface area (Å²) in [6.07, 6.45) is 0.918. The zero-order valence-electron chi connectivity index (χ0n) is 18.8. The van der Waals surface area contributed by atoms with Crippen molar-refractivity contribution in [2.45, 2.75) is 32.6 Å². The third-order valence-corrected chi connectivity index (χ3v) is 7.00. The number of benzene rings is 2. The lowest BCUT2D eigenvalue weighted by Gasteiger charge is -2.39. The van der Waals surface area contributed by atoms with Gasteiger partial charge in [-0.1, -0.05) is 68.1 Å². The first-order valence-electron chi connectivity index (χ1n) is 10.8. The van der Waals surface area contributed by atoms with Gasteiger partial charge in [0.25, 0.3) is 5.69 Å². The van der Waals surface area contributed by atoms with Crippen LogP contribution >= 0.6 is 11.8 Å². The zero-order chi connectivity index (χ0) is 24.5. The lowest BCUT2D eigenvalue weighted by Crippen LogP contribution is -2.37. The van der Waals surface area contributed by atoms with E-state index in [2.05, 4.69) is 11.4 Å². The van der Waals surface area contributed by atoms with Gasteiger partial charge in [0.05, 0.1) is 33.3 Å². The predicted octanol–water partition coefficient (Wildman–Crippen LogP) is 5.28. The van der Waals surface area contributed by atoms with Crippen LogP contribution in [0.25, 0.3) is 0 Å². The van der Waals surface area contributed by atoms with Crippen LogP contribution in [0.1, 0.15) is 48.5 Å². The number of nitrogens with one attached hydrogen (secondary N) is 1. The monoisotopic (exact) mass is 473 g/mol. The molecule has 0 radical (unpaired) electrons. The molecule has 1 aliphatic heterocycles. The molecular weight excluding hydrogens is 450 g/mol. The molecule has 7 nitrogen and oxygen atoms in total. The summed E-state index contributed by atoms with van der Waals surface area (Å²) in [7, 11) is 0. The first-order chi connectivity index (χ1) is 16.2. The Morgan fingerprint density at radius 3 is 2.62 bits per heavy atom. The highest BCUT2D eigenvalue weighted by molar-refractivity contribution is 8.03. The van der Waals surface area contributed by atoms with Gasteiger partial charge in [-0.2, -0.15) is 5.26 Å². The van der Waals surface area contributed by atoms with Crippen LogP contribution in [0.3, 0.4) is 0 Å². The smallest absolute Gasteiger partial charge is 0.269 e. The maximum Gasteiger partial charge on any atom is 0.269 e. The number of nitro benzene ring substituents is 1. The summed E-state index contributed by atoms with van der Waals surface area (Å²) < 4.78 is 0. The molecule has 2 aliphatic rings. The van der Waals surface area contributed by atoms with Crippen LogP contribution < -0.4 is 5.32 Å². The van der Waals surface area contributed by atoms with Crippen molar-refractivity contribution >= 4 is 29.0 Å². The molecule has 0 spiro atoms. The van der Waals surface area contributed by atoms with Gasteiger partial charge in [-0.3, -0.25) is 19.7 Å². The molecule has 2 aromatic carbocycles. The molecule has 2 aromatic rings. The maximum absolute atomic E-state index is 13.2. The number of nitriles is 1. The number of dihydropyridines is 1. The van der Waals surface area contributed by atoms with Crippen molar-refractivity contribution in [1.82, 2.24) is 5.32 Å². The van der Waals surface area contributed by atoms with E-state index < -0.39 is 10.8 Å². The van der Waals surface area contributed by atoms with Gasteiger partial charge < -0.3 is 5.32 Å². The minimum Gasteiger partial charge on any atom is -0.352 e. The molecule has 0 amide bonds. The highest BCUT2D eigenvalue weighted by Gasteiger charge is 2.42. The lowest BCUT2D eigenvalue weighted by molar-refractivity contribution is -0.384. The molecule has 0 aromatic heterocycles. The second kappa shape index (κ2) is 9.27. The molecule has 0 fully saturated rings. The van der Waals surface area contributed by atoms with E-state index in [9.17, 15) is 25.0 Å². The Labute approximate surface area is 201 Å². The number of allylic oxidation sites excluding steroid dienone is 3. The molecule has 0 saturated carbocycles. The van der Waals surface area contributed by atoms with E-state index in [0.29, 0.717) is 40.3 Å². The largest absolute Gasteiger partial charge is 0.352 e. The van der Waals surface area contributed by atoms with E-state index >= 15 is 0 Å². The van der Waals surface area contributed by atoms with Gasteiger partial charge in [0.1, 0.15) is 0 Å². The Balaban J connectivity index is 1.77. The average molecular weight is 474 g/mol. The first-order valence-corrected chi connectivity index (χ1v) is 11.8. The fourth-order valence-electron chi connectivity index (χ4n) is 4.49. The number of non-ortho nitro benzene ring substituents is 1. The fourth-order valence-corrected chi connectivity index (χ4v) is 5.44. The van der Waals surface area contributed by atoms with Crippen LogP contribution in [0.4, 0.5) is 5.69 Å². The van der Waals surface area contributed by atoms with Crippen molar-refractivity contribution in [3.8, 4) is 6.07 Å². The Kier molecular flexibility index (Phi) is 6.40. The van der Waals surface area contributed by atoms with Gasteiger partial charge in [0.15, 0.2) is 11.6 Å². The number of carbonyl (C=O) groups excluding carboxylic acids is 2. The fraction of sp³-hybridized carbons (Fsp3) is 0.269. The number of nitrogens with zero attached hydrogens (tertiary/aromatic N) is 2. The molecule has 4 rings (SSSR count). The predicted molar refractivity (Wildman–Crippen MR) is 130 cm³/mol. The minimum atomic E-state index is -0.723.